The van der Waals surface area contributed by atoms with E-state index in [1.165, 1.54) is 13.8 Å². The number of hydrogen-bond acceptors (Lipinski definition) is 4. The van der Waals surface area contributed by atoms with Gasteiger partial charge in [-0.15, -0.1) is 23.2 Å². The molecule has 0 aromatic rings. The minimum atomic E-state index is -0.757. The largest absolute Gasteiger partial charge is 0.427 e. The first-order chi connectivity index (χ1) is 5.95. The van der Waals surface area contributed by atoms with Gasteiger partial charge in [0.25, 0.3) is 0 Å². The van der Waals surface area contributed by atoms with Gasteiger partial charge >= 0.3 is 11.9 Å². The predicted octanol–water partition coefficient (Wildman–Crippen LogP) is 1.28. The lowest BCUT2D eigenvalue weighted by Crippen LogP contribution is -2.21. The lowest BCUT2D eigenvalue weighted by Gasteiger charge is -2.07. The monoisotopic (exact) mass is 228 g/mol. The molecule has 0 aromatic carbocycles. The Kier molecular flexibility index (Phi) is 5.82. The molecule has 0 saturated heterocycles. The van der Waals surface area contributed by atoms with Crippen molar-refractivity contribution in [3.63, 3.8) is 0 Å². The van der Waals surface area contributed by atoms with Crippen molar-refractivity contribution in [2.24, 2.45) is 0 Å². The summed E-state index contributed by atoms with van der Waals surface area (Å²) in [6.45, 7) is 2.46. The van der Waals surface area contributed by atoms with Crippen LogP contribution in [0.5, 0.6) is 0 Å². The van der Waals surface area contributed by atoms with Gasteiger partial charge in [-0.05, 0) is 13.8 Å². The van der Waals surface area contributed by atoms with Gasteiger partial charge in [0.05, 0.1) is 0 Å². The van der Waals surface area contributed by atoms with Crippen LogP contribution in [0.3, 0.4) is 0 Å². The van der Waals surface area contributed by atoms with Crippen LogP contribution in [0.1, 0.15) is 13.8 Å². The molecule has 0 aliphatic rings. The second-order valence-electron chi connectivity index (χ2n) is 2.28. The fraction of sp³-hybridized carbons (Fsp3) is 0.714. The highest BCUT2D eigenvalue weighted by molar-refractivity contribution is 6.30. The number of carbonyl (C=O) groups excluding carboxylic acids is 2. The number of hydrogen-bond donors (Lipinski definition) is 0. The molecule has 0 aromatic heterocycles. The summed E-state index contributed by atoms with van der Waals surface area (Å²) in [5, 5.41) is -1.51. The molecule has 0 amide bonds. The molecule has 0 bridgehead atoms. The molecule has 2 atom stereocenters. The SMILES string of the molecule is CC(Cl)C(=O)OCOC(=O)C(C)Cl. The Labute approximate surface area is 86.1 Å². The molecular weight excluding hydrogens is 219 g/mol. The van der Waals surface area contributed by atoms with Crippen molar-refractivity contribution in [1.82, 2.24) is 0 Å². The highest BCUT2D eigenvalue weighted by Crippen LogP contribution is 1.99. The van der Waals surface area contributed by atoms with Crippen LogP contribution < -0.4 is 0 Å². The maximum absolute atomic E-state index is 10.7. The van der Waals surface area contributed by atoms with E-state index in [0.717, 1.165) is 0 Å². The normalized spacial score (nSPS) is 14.5. The Bertz CT molecular complexity index is 171. The summed E-state index contributed by atoms with van der Waals surface area (Å²) in [6, 6.07) is 0. The van der Waals surface area contributed by atoms with Gasteiger partial charge < -0.3 is 9.47 Å². The van der Waals surface area contributed by atoms with Gasteiger partial charge in [-0.25, -0.2) is 0 Å². The molecule has 0 aliphatic carbocycles. The third-order valence-corrected chi connectivity index (χ3v) is 1.41. The number of carbonyl (C=O) groups is 2. The summed E-state index contributed by atoms with van der Waals surface area (Å²) in [4.78, 5) is 21.4. The van der Waals surface area contributed by atoms with Crippen molar-refractivity contribution >= 4 is 35.1 Å². The Morgan fingerprint density at radius 3 is 1.62 bits per heavy atom. The summed E-state index contributed by atoms with van der Waals surface area (Å²) >= 11 is 10.7. The second kappa shape index (κ2) is 6.05. The Balaban J connectivity index is 3.57. The van der Waals surface area contributed by atoms with E-state index in [9.17, 15) is 9.59 Å². The van der Waals surface area contributed by atoms with Crippen molar-refractivity contribution < 1.29 is 19.1 Å². The highest BCUT2D eigenvalue weighted by Gasteiger charge is 2.13. The lowest BCUT2D eigenvalue weighted by molar-refractivity contribution is -0.166. The molecule has 4 nitrogen and oxygen atoms in total. The topological polar surface area (TPSA) is 52.6 Å². The van der Waals surface area contributed by atoms with E-state index >= 15 is 0 Å². The van der Waals surface area contributed by atoms with E-state index in [-0.39, 0.29) is 0 Å². The van der Waals surface area contributed by atoms with Crippen LogP contribution in [0, 0.1) is 0 Å². The number of halogens is 2. The summed E-state index contributed by atoms with van der Waals surface area (Å²) < 4.78 is 8.90. The van der Waals surface area contributed by atoms with E-state index in [1.807, 2.05) is 0 Å². The minimum absolute atomic E-state index is 0.453. The van der Waals surface area contributed by atoms with Gasteiger partial charge in [0.1, 0.15) is 10.8 Å². The number of ether oxygens (including phenoxy) is 2. The average Bonchev–Trinajstić information content (AvgIpc) is 2.03. The number of esters is 2. The molecule has 6 heteroatoms. The molecule has 0 aliphatic heterocycles. The van der Waals surface area contributed by atoms with Crippen LogP contribution in [-0.4, -0.2) is 29.5 Å². The zero-order valence-corrected chi connectivity index (χ0v) is 8.76. The van der Waals surface area contributed by atoms with E-state index in [1.54, 1.807) is 0 Å². The van der Waals surface area contributed by atoms with Crippen LogP contribution in [0.4, 0.5) is 0 Å². The molecule has 0 saturated carbocycles. The van der Waals surface area contributed by atoms with Gasteiger partial charge in [0.15, 0.2) is 0 Å². The first-order valence-electron chi connectivity index (χ1n) is 3.56. The smallest absolute Gasteiger partial charge is 0.326 e. The summed E-state index contributed by atoms with van der Waals surface area (Å²) in [5.74, 6) is -1.28. The van der Waals surface area contributed by atoms with Crippen molar-refractivity contribution in [3.8, 4) is 0 Å². The first-order valence-corrected chi connectivity index (χ1v) is 4.44. The molecule has 0 rings (SSSR count). The fourth-order valence-corrected chi connectivity index (χ4v) is 0.501. The molecule has 0 spiro atoms. The maximum Gasteiger partial charge on any atom is 0.326 e. The quantitative estimate of drug-likeness (QED) is 0.414. The Morgan fingerprint density at radius 2 is 1.38 bits per heavy atom. The fourth-order valence-electron chi connectivity index (χ4n) is 0.375. The minimum Gasteiger partial charge on any atom is -0.427 e. The van der Waals surface area contributed by atoms with Crippen molar-refractivity contribution in [2.45, 2.75) is 24.6 Å². The number of alkyl halides is 2. The molecular formula is C7H10Cl2O4. The summed E-state index contributed by atoms with van der Waals surface area (Å²) in [5.41, 5.74) is 0. The Hall–Kier alpha value is -0.480. The van der Waals surface area contributed by atoms with E-state index in [4.69, 9.17) is 23.2 Å². The second-order valence-corrected chi connectivity index (χ2v) is 3.59. The average molecular weight is 229 g/mol. The summed E-state index contributed by atoms with van der Waals surface area (Å²) in [6.07, 6.45) is 0. The summed E-state index contributed by atoms with van der Waals surface area (Å²) in [7, 11) is 0. The van der Waals surface area contributed by atoms with Crippen molar-refractivity contribution in [3.05, 3.63) is 0 Å². The number of rotatable bonds is 4. The Morgan fingerprint density at radius 1 is 1.08 bits per heavy atom. The molecule has 0 N–H and O–H groups in total. The van der Waals surface area contributed by atoms with Gasteiger partial charge in [0, 0.05) is 0 Å². The van der Waals surface area contributed by atoms with Crippen LogP contribution >= 0.6 is 23.2 Å². The molecule has 76 valence electrons. The van der Waals surface area contributed by atoms with Crippen molar-refractivity contribution in [1.29, 1.82) is 0 Å². The van der Waals surface area contributed by atoms with Gasteiger partial charge in [-0.1, -0.05) is 0 Å². The van der Waals surface area contributed by atoms with Crippen LogP contribution in [-0.2, 0) is 19.1 Å². The van der Waals surface area contributed by atoms with E-state index in [0.29, 0.717) is 0 Å². The van der Waals surface area contributed by atoms with Crippen LogP contribution in [0.25, 0.3) is 0 Å². The molecule has 2 unspecified atom stereocenters. The van der Waals surface area contributed by atoms with E-state index in [2.05, 4.69) is 9.47 Å². The van der Waals surface area contributed by atoms with Gasteiger partial charge in [-0.2, -0.15) is 0 Å². The highest BCUT2D eigenvalue weighted by atomic mass is 35.5. The van der Waals surface area contributed by atoms with Crippen LogP contribution in [0.2, 0.25) is 0 Å². The van der Waals surface area contributed by atoms with Gasteiger partial charge in [0.2, 0.25) is 6.79 Å². The molecule has 0 fully saturated rings. The first kappa shape index (κ1) is 12.5. The lowest BCUT2D eigenvalue weighted by atomic mass is 10.5. The molecule has 0 heterocycles. The van der Waals surface area contributed by atoms with Crippen LogP contribution in [0.15, 0.2) is 0 Å². The third kappa shape index (κ3) is 5.71. The maximum atomic E-state index is 10.7. The molecule has 13 heavy (non-hydrogen) atoms. The van der Waals surface area contributed by atoms with Crippen molar-refractivity contribution in [2.75, 3.05) is 6.79 Å². The van der Waals surface area contributed by atoms with Gasteiger partial charge in [-0.3, -0.25) is 9.59 Å². The predicted molar refractivity (Wildman–Crippen MR) is 47.7 cm³/mol. The third-order valence-electron chi connectivity index (χ3n) is 1.05. The molecule has 0 radical (unpaired) electrons. The zero-order chi connectivity index (χ0) is 10.4. The van der Waals surface area contributed by atoms with E-state index < -0.39 is 29.5 Å². The standard InChI is InChI=1S/C7H10Cl2O4/c1-4(8)6(10)12-3-13-7(11)5(2)9/h4-5H,3H2,1-2H3. The zero-order valence-electron chi connectivity index (χ0n) is 7.25.